The van der Waals surface area contributed by atoms with Crippen LogP contribution in [0.3, 0.4) is 0 Å². The van der Waals surface area contributed by atoms with Crippen molar-refractivity contribution >= 4 is 15.9 Å². The minimum absolute atomic E-state index is 0.127. The van der Waals surface area contributed by atoms with Crippen molar-refractivity contribution in [3.63, 3.8) is 0 Å². The molecule has 1 N–H and O–H groups in total. The van der Waals surface area contributed by atoms with E-state index in [1.165, 1.54) is 16.4 Å². The summed E-state index contributed by atoms with van der Waals surface area (Å²) < 4.78 is 25.3. The number of carbonyl (C=O) groups excluding carboxylic acids is 1. The fourth-order valence-electron chi connectivity index (χ4n) is 2.18. The summed E-state index contributed by atoms with van der Waals surface area (Å²) >= 11 is 0. The van der Waals surface area contributed by atoms with Crippen LogP contribution in [0, 0.1) is 0 Å². The lowest BCUT2D eigenvalue weighted by Gasteiger charge is -2.33. The van der Waals surface area contributed by atoms with Crippen molar-refractivity contribution in [3.05, 3.63) is 28.2 Å². The molecule has 2 rings (SSSR count). The van der Waals surface area contributed by atoms with E-state index in [1.54, 1.807) is 4.90 Å². The lowest BCUT2D eigenvalue weighted by molar-refractivity contribution is 0.0690. The zero-order chi connectivity index (χ0) is 15.5. The van der Waals surface area contributed by atoms with Crippen molar-refractivity contribution in [3.8, 4) is 0 Å². The van der Waals surface area contributed by atoms with Crippen LogP contribution < -0.4 is 5.56 Å². The Morgan fingerprint density at radius 1 is 1.29 bits per heavy atom. The van der Waals surface area contributed by atoms with Crippen LogP contribution in [0.25, 0.3) is 0 Å². The van der Waals surface area contributed by atoms with Gasteiger partial charge in [-0.1, -0.05) is 6.92 Å². The molecule has 2 heterocycles. The molecule has 1 saturated heterocycles. The summed E-state index contributed by atoms with van der Waals surface area (Å²) in [5.74, 6) is -0.179. The second kappa shape index (κ2) is 6.35. The highest BCUT2D eigenvalue weighted by Crippen LogP contribution is 2.11. The molecule has 116 valence electrons. The van der Waals surface area contributed by atoms with Crippen molar-refractivity contribution in [2.45, 2.75) is 13.3 Å². The molecule has 0 spiro atoms. The Morgan fingerprint density at radius 3 is 2.48 bits per heavy atom. The number of rotatable bonds is 4. The van der Waals surface area contributed by atoms with Gasteiger partial charge in [0.15, 0.2) is 0 Å². The molecule has 0 atom stereocenters. The first-order valence-electron chi connectivity index (χ1n) is 6.77. The van der Waals surface area contributed by atoms with Crippen LogP contribution >= 0.6 is 0 Å². The zero-order valence-corrected chi connectivity index (χ0v) is 12.6. The molecule has 1 amide bonds. The fourth-order valence-corrected chi connectivity index (χ4v) is 3.68. The lowest BCUT2D eigenvalue weighted by atomic mass is 10.3. The summed E-state index contributed by atoms with van der Waals surface area (Å²) in [6.07, 6.45) is 0.572. The van der Waals surface area contributed by atoms with Gasteiger partial charge in [-0.15, -0.1) is 0 Å². The first kappa shape index (κ1) is 15.6. The van der Waals surface area contributed by atoms with Crippen LogP contribution in [-0.4, -0.2) is 65.7 Å². The standard InChI is InChI=1S/C12H18N4O4S/c1-2-9-21(19,20)16-7-5-15(6-8-16)12(18)10-3-4-11(17)14-13-10/h3-4H,2,5-9H2,1H3,(H,14,17). The van der Waals surface area contributed by atoms with Crippen LogP contribution in [-0.2, 0) is 10.0 Å². The Hall–Kier alpha value is -1.74. The van der Waals surface area contributed by atoms with Gasteiger partial charge in [-0.2, -0.15) is 9.40 Å². The van der Waals surface area contributed by atoms with Gasteiger partial charge in [0.1, 0.15) is 5.69 Å². The molecule has 1 aromatic heterocycles. The molecular weight excluding hydrogens is 296 g/mol. The molecule has 0 aromatic carbocycles. The van der Waals surface area contributed by atoms with Gasteiger partial charge in [-0.05, 0) is 12.5 Å². The maximum atomic E-state index is 12.2. The Kier molecular flexibility index (Phi) is 4.73. The van der Waals surface area contributed by atoms with Crippen molar-refractivity contribution in [2.75, 3.05) is 31.9 Å². The molecule has 0 radical (unpaired) electrons. The molecular formula is C12H18N4O4S. The molecule has 0 unspecified atom stereocenters. The third-order valence-corrected chi connectivity index (χ3v) is 5.36. The summed E-state index contributed by atoms with van der Waals surface area (Å²) in [4.78, 5) is 24.6. The second-order valence-electron chi connectivity index (χ2n) is 4.81. The number of nitrogens with zero attached hydrogens (tertiary/aromatic N) is 3. The van der Waals surface area contributed by atoms with Crippen LogP contribution in [0.2, 0.25) is 0 Å². The van der Waals surface area contributed by atoms with Gasteiger partial charge >= 0.3 is 0 Å². The Bertz CT molecular complexity index is 642. The van der Waals surface area contributed by atoms with E-state index in [2.05, 4.69) is 10.2 Å². The van der Waals surface area contributed by atoms with Crippen LogP contribution in [0.5, 0.6) is 0 Å². The molecule has 21 heavy (non-hydrogen) atoms. The normalized spacial score (nSPS) is 16.9. The molecule has 0 bridgehead atoms. The van der Waals surface area contributed by atoms with Gasteiger partial charge in [-0.25, -0.2) is 13.5 Å². The largest absolute Gasteiger partial charge is 0.335 e. The Morgan fingerprint density at radius 2 is 1.95 bits per heavy atom. The van der Waals surface area contributed by atoms with Gasteiger partial charge in [0.05, 0.1) is 5.75 Å². The highest BCUT2D eigenvalue weighted by molar-refractivity contribution is 7.89. The van der Waals surface area contributed by atoms with Gasteiger partial charge in [-0.3, -0.25) is 9.59 Å². The molecule has 9 heteroatoms. The molecule has 8 nitrogen and oxygen atoms in total. The van der Waals surface area contributed by atoms with E-state index in [9.17, 15) is 18.0 Å². The van der Waals surface area contributed by atoms with E-state index in [0.29, 0.717) is 19.5 Å². The summed E-state index contributed by atoms with van der Waals surface area (Å²) in [6, 6.07) is 2.60. The predicted molar refractivity (Wildman–Crippen MR) is 76.4 cm³/mol. The number of hydrogen-bond donors (Lipinski definition) is 1. The zero-order valence-electron chi connectivity index (χ0n) is 11.8. The van der Waals surface area contributed by atoms with Crippen LogP contribution in [0.15, 0.2) is 16.9 Å². The molecule has 1 fully saturated rings. The first-order chi connectivity index (χ1) is 9.94. The van der Waals surface area contributed by atoms with E-state index >= 15 is 0 Å². The number of piperazine rings is 1. The molecule has 0 aliphatic carbocycles. The highest BCUT2D eigenvalue weighted by Gasteiger charge is 2.28. The maximum absolute atomic E-state index is 12.2. The maximum Gasteiger partial charge on any atom is 0.274 e. The van der Waals surface area contributed by atoms with Crippen molar-refractivity contribution in [2.24, 2.45) is 0 Å². The minimum atomic E-state index is -3.22. The van der Waals surface area contributed by atoms with Crippen LogP contribution in [0.4, 0.5) is 0 Å². The summed E-state index contributed by atoms with van der Waals surface area (Å²) in [6.45, 7) is 3.04. The number of H-pyrrole nitrogens is 1. The quantitative estimate of drug-likeness (QED) is 0.789. The highest BCUT2D eigenvalue weighted by atomic mass is 32.2. The van der Waals surface area contributed by atoms with Gasteiger partial charge in [0.25, 0.3) is 11.5 Å². The fraction of sp³-hybridized carbons (Fsp3) is 0.583. The van der Waals surface area contributed by atoms with E-state index < -0.39 is 10.0 Å². The topological polar surface area (TPSA) is 103 Å². The van der Waals surface area contributed by atoms with E-state index in [4.69, 9.17) is 0 Å². The molecule has 0 saturated carbocycles. The molecule has 1 aliphatic rings. The van der Waals surface area contributed by atoms with Crippen molar-refractivity contribution < 1.29 is 13.2 Å². The average molecular weight is 314 g/mol. The minimum Gasteiger partial charge on any atom is -0.335 e. The number of aromatic nitrogens is 2. The molecule has 1 aromatic rings. The summed E-state index contributed by atoms with van der Waals surface area (Å²) in [7, 11) is -3.22. The van der Waals surface area contributed by atoms with Gasteiger partial charge < -0.3 is 4.90 Å². The van der Waals surface area contributed by atoms with Gasteiger partial charge in [0, 0.05) is 32.2 Å². The van der Waals surface area contributed by atoms with Crippen LogP contribution in [0.1, 0.15) is 23.8 Å². The smallest absolute Gasteiger partial charge is 0.274 e. The number of aromatic amines is 1. The monoisotopic (exact) mass is 314 g/mol. The lowest BCUT2D eigenvalue weighted by Crippen LogP contribution is -2.51. The SMILES string of the molecule is CCCS(=O)(=O)N1CCN(C(=O)c2ccc(=O)[nH]n2)CC1. The predicted octanol–water partition coefficient (Wildman–Crippen LogP) is -0.732. The average Bonchev–Trinajstić information content (AvgIpc) is 2.47. The van der Waals surface area contributed by atoms with Gasteiger partial charge in [0.2, 0.25) is 10.0 Å². The van der Waals surface area contributed by atoms with Crippen molar-refractivity contribution in [1.82, 2.24) is 19.4 Å². The number of sulfonamides is 1. The number of amides is 1. The second-order valence-corrected chi connectivity index (χ2v) is 6.90. The number of hydrogen-bond acceptors (Lipinski definition) is 5. The van der Waals surface area contributed by atoms with Crippen molar-refractivity contribution in [1.29, 1.82) is 0 Å². The number of nitrogens with one attached hydrogen (secondary N) is 1. The summed E-state index contributed by atoms with van der Waals surface area (Å²) in [5, 5.41) is 5.90. The first-order valence-corrected chi connectivity index (χ1v) is 8.38. The Balaban J connectivity index is 1.99. The van der Waals surface area contributed by atoms with E-state index in [0.717, 1.165) is 0 Å². The third-order valence-electron chi connectivity index (χ3n) is 3.28. The third kappa shape index (κ3) is 3.67. The van der Waals surface area contributed by atoms with E-state index in [-0.39, 0.29) is 36.0 Å². The van der Waals surface area contributed by atoms with E-state index in [1.807, 2.05) is 6.92 Å². The number of carbonyl (C=O) groups is 1. The summed E-state index contributed by atoms with van der Waals surface area (Å²) in [5.41, 5.74) is -0.221. The molecule has 1 aliphatic heterocycles. The Labute approximate surface area is 122 Å².